The third-order valence-electron chi connectivity index (χ3n) is 18.6. The molecule has 0 aromatic rings. The molecular formula is C78H153NO5. The number of aliphatic hydroxyl groups is 2. The highest BCUT2D eigenvalue weighted by atomic mass is 16.5. The molecule has 2 atom stereocenters. The topological polar surface area (TPSA) is 95.9 Å². The number of aliphatic hydroxyl groups excluding tert-OH is 2. The average Bonchev–Trinajstić information content (AvgIpc) is 3.51. The number of esters is 1. The lowest BCUT2D eigenvalue weighted by Crippen LogP contribution is -2.45. The molecule has 0 aliphatic carbocycles. The molecule has 0 radical (unpaired) electrons. The quantitative estimate of drug-likeness (QED) is 0.0320. The summed E-state index contributed by atoms with van der Waals surface area (Å²) in [6.07, 6.45) is 93.0. The molecule has 6 nitrogen and oxygen atoms in total. The maximum Gasteiger partial charge on any atom is 0.305 e. The minimum atomic E-state index is -0.663. The minimum absolute atomic E-state index is 0.0111. The highest BCUT2D eigenvalue weighted by molar-refractivity contribution is 5.76. The molecule has 0 aromatic carbocycles. The van der Waals surface area contributed by atoms with E-state index >= 15 is 0 Å². The Morgan fingerprint density at radius 1 is 0.321 bits per heavy atom. The van der Waals surface area contributed by atoms with Crippen LogP contribution in [-0.2, 0) is 14.3 Å². The summed E-state index contributed by atoms with van der Waals surface area (Å²) < 4.78 is 5.48. The van der Waals surface area contributed by atoms with Gasteiger partial charge in [-0.2, -0.15) is 0 Å². The third kappa shape index (κ3) is 69.7. The minimum Gasteiger partial charge on any atom is -0.466 e. The second-order valence-electron chi connectivity index (χ2n) is 27.0. The third-order valence-corrected chi connectivity index (χ3v) is 18.6. The molecule has 84 heavy (non-hydrogen) atoms. The lowest BCUT2D eigenvalue weighted by Gasteiger charge is -2.22. The number of amides is 1. The van der Waals surface area contributed by atoms with E-state index in [1.807, 2.05) is 0 Å². The summed E-state index contributed by atoms with van der Waals surface area (Å²) in [4.78, 5) is 24.6. The summed E-state index contributed by atoms with van der Waals surface area (Å²) >= 11 is 0. The van der Waals surface area contributed by atoms with E-state index in [1.165, 1.54) is 372 Å². The predicted molar refractivity (Wildman–Crippen MR) is 370 cm³/mol. The van der Waals surface area contributed by atoms with E-state index < -0.39 is 12.1 Å². The highest BCUT2D eigenvalue weighted by Gasteiger charge is 2.20. The highest BCUT2D eigenvalue weighted by Crippen LogP contribution is 2.20. The number of hydrogen-bond donors (Lipinski definition) is 3. The number of allylic oxidation sites excluding steroid dienone is 2. The second kappa shape index (κ2) is 74.1. The number of hydrogen-bond acceptors (Lipinski definition) is 5. The Morgan fingerprint density at radius 3 is 0.869 bits per heavy atom. The van der Waals surface area contributed by atoms with E-state index in [0.29, 0.717) is 25.9 Å². The summed E-state index contributed by atoms with van der Waals surface area (Å²) in [5.74, 6) is -0.0138. The van der Waals surface area contributed by atoms with E-state index in [0.717, 1.165) is 44.9 Å². The summed E-state index contributed by atoms with van der Waals surface area (Å²) in [7, 11) is 0. The molecule has 6 heteroatoms. The molecular weight excluding hydrogens is 1030 g/mol. The summed E-state index contributed by atoms with van der Waals surface area (Å²) in [6.45, 7) is 4.98. The van der Waals surface area contributed by atoms with Crippen molar-refractivity contribution in [2.45, 2.75) is 463 Å². The molecule has 0 spiro atoms. The van der Waals surface area contributed by atoms with Gasteiger partial charge in [-0.25, -0.2) is 0 Å². The van der Waals surface area contributed by atoms with Gasteiger partial charge < -0.3 is 20.3 Å². The number of carbonyl (C=O) groups is 2. The molecule has 0 fully saturated rings. The Kier molecular flexibility index (Phi) is 72.8. The lowest BCUT2D eigenvalue weighted by atomic mass is 10.0. The molecule has 0 saturated heterocycles. The molecule has 0 bridgehead atoms. The Bertz CT molecular complexity index is 1270. The van der Waals surface area contributed by atoms with Gasteiger partial charge in [0.2, 0.25) is 5.91 Å². The van der Waals surface area contributed by atoms with Crippen LogP contribution in [0.25, 0.3) is 0 Å². The molecule has 0 aliphatic heterocycles. The fourth-order valence-electron chi connectivity index (χ4n) is 12.6. The maximum absolute atomic E-state index is 12.6. The van der Waals surface area contributed by atoms with Gasteiger partial charge in [0.25, 0.3) is 0 Å². The van der Waals surface area contributed by atoms with Crippen LogP contribution in [0.5, 0.6) is 0 Å². The van der Waals surface area contributed by atoms with Crippen LogP contribution in [0, 0.1) is 0 Å². The summed E-state index contributed by atoms with van der Waals surface area (Å²) in [5, 5.41) is 23.5. The van der Waals surface area contributed by atoms with Crippen molar-refractivity contribution in [2.75, 3.05) is 13.2 Å². The van der Waals surface area contributed by atoms with Crippen LogP contribution in [0.4, 0.5) is 0 Å². The van der Waals surface area contributed by atoms with Crippen LogP contribution in [0.1, 0.15) is 450 Å². The molecule has 0 saturated carbocycles. The molecule has 1 amide bonds. The number of nitrogens with one attached hydrogen (secondary N) is 1. The van der Waals surface area contributed by atoms with Gasteiger partial charge in [0.1, 0.15) is 0 Å². The van der Waals surface area contributed by atoms with Crippen molar-refractivity contribution in [3.05, 3.63) is 12.2 Å². The van der Waals surface area contributed by atoms with Crippen molar-refractivity contribution in [1.82, 2.24) is 5.32 Å². The van der Waals surface area contributed by atoms with E-state index in [9.17, 15) is 19.8 Å². The number of carbonyl (C=O) groups excluding carboxylic acids is 2. The van der Waals surface area contributed by atoms with Crippen molar-refractivity contribution >= 4 is 11.9 Å². The first kappa shape index (κ1) is 82.6. The Labute approximate surface area is 527 Å². The standard InChI is InChI=1S/C78H153NO5/c1-3-5-7-9-11-13-15-17-18-19-20-21-22-29-32-35-38-41-44-47-50-54-58-62-66-70-76(81)75(74-80)79-77(82)71-67-63-59-55-51-48-45-42-39-36-33-30-27-25-23-24-26-28-31-34-37-40-43-46-49-53-57-61-65-69-73-84-78(83)72-68-64-60-56-52-16-14-12-10-8-6-4-2/h12,14,75-76,80-81H,3-11,13,15-74H2,1-2H3,(H,79,82)/b14-12-. The smallest absolute Gasteiger partial charge is 0.305 e. The van der Waals surface area contributed by atoms with Crippen molar-refractivity contribution in [3.8, 4) is 0 Å². The zero-order chi connectivity index (χ0) is 60.6. The first-order valence-corrected chi connectivity index (χ1v) is 38.9. The number of unbranched alkanes of at least 4 members (excludes halogenated alkanes) is 61. The first-order valence-electron chi connectivity index (χ1n) is 38.9. The van der Waals surface area contributed by atoms with Crippen molar-refractivity contribution < 1.29 is 24.5 Å². The van der Waals surface area contributed by atoms with Gasteiger partial charge in [-0.15, -0.1) is 0 Å². The van der Waals surface area contributed by atoms with Gasteiger partial charge in [-0.05, 0) is 51.4 Å². The van der Waals surface area contributed by atoms with Crippen LogP contribution in [0.3, 0.4) is 0 Å². The largest absolute Gasteiger partial charge is 0.466 e. The Hall–Kier alpha value is -1.40. The average molecular weight is 1190 g/mol. The van der Waals surface area contributed by atoms with Crippen LogP contribution >= 0.6 is 0 Å². The van der Waals surface area contributed by atoms with Gasteiger partial charge in [0.05, 0.1) is 25.4 Å². The van der Waals surface area contributed by atoms with Gasteiger partial charge in [0, 0.05) is 12.8 Å². The molecule has 3 N–H and O–H groups in total. The lowest BCUT2D eigenvalue weighted by molar-refractivity contribution is -0.143. The molecule has 0 rings (SSSR count). The molecule has 500 valence electrons. The van der Waals surface area contributed by atoms with Crippen molar-refractivity contribution in [3.63, 3.8) is 0 Å². The maximum atomic E-state index is 12.6. The fraction of sp³-hybridized carbons (Fsp3) is 0.949. The number of ether oxygens (including phenoxy) is 1. The van der Waals surface area contributed by atoms with Crippen LogP contribution in [0.15, 0.2) is 12.2 Å². The summed E-state index contributed by atoms with van der Waals surface area (Å²) in [5.41, 5.74) is 0. The van der Waals surface area contributed by atoms with E-state index in [2.05, 4.69) is 31.3 Å². The summed E-state index contributed by atoms with van der Waals surface area (Å²) in [6, 6.07) is -0.539. The second-order valence-corrected chi connectivity index (χ2v) is 27.0. The van der Waals surface area contributed by atoms with Gasteiger partial charge in [-0.3, -0.25) is 9.59 Å². The van der Waals surface area contributed by atoms with Crippen LogP contribution in [-0.4, -0.2) is 47.4 Å². The first-order chi connectivity index (χ1) is 41.5. The fourth-order valence-corrected chi connectivity index (χ4v) is 12.6. The zero-order valence-corrected chi connectivity index (χ0v) is 57.4. The number of rotatable bonds is 74. The molecule has 0 aliphatic rings. The molecule has 2 unspecified atom stereocenters. The van der Waals surface area contributed by atoms with Crippen molar-refractivity contribution in [2.24, 2.45) is 0 Å². The van der Waals surface area contributed by atoms with E-state index in [-0.39, 0.29) is 18.5 Å². The molecule has 0 aromatic heterocycles. The zero-order valence-electron chi connectivity index (χ0n) is 57.4. The molecule has 0 heterocycles. The van der Waals surface area contributed by atoms with Crippen LogP contribution < -0.4 is 5.32 Å². The van der Waals surface area contributed by atoms with Gasteiger partial charge in [0.15, 0.2) is 0 Å². The van der Waals surface area contributed by atoms with Gasteiger partial charge >= 0.3 is 5.97 Å². The van der Waals surface area contributed by atoms with Crippen LogP contribution in [0.2, 0.25) is 0 Å². The van der Waals surface area contributed by atoms with Crippen molar-refractivity contribution in [1.29, 1.82) is 0 Å². The monoisotopic (exact) mass is 1180 g/mol. The Balaban J connectivity index is 3.34. The van der Waals surface area contributed by atoms with E-state index in [1.54, 1.807) is 0 Å². The Morgan fingerprint density at radius 2 is 0.560 bits per heavy atom. The SMILES string of the molecule is CCCCC/C=C\CCCCCCCC(=O)OCCCCCCCCCCCCCCCCCCCCCCCCCCCCCCCCC(=O)NC(CO)C(O)CCCCCCCCCCCCCCCCCCCCCCCCCCC. The normalized spacial score (nSPS) is 12.5. The van der Waals surface area contributed by atoms with Gasteiger partial charge in [-0.1, -0.05) is 398 Å². The predicted octanol–water partition coefficient (Wildman–Crippen LogP) is 25.5. The van der Waals surface area contributed by atoms with E-state index in [4.69, 9.17) is 4.74 Å².